The third kappa shape index (κ3) is 4.64. The molecule has 0 unspecified atom stereocenters. The number of anilines is 1. The number of carbonyl (C=O) groups is 2. The van der Waals surface area contributed by atoms with Gasteiger partial charge in [-0.1, -0.05) is 17.7 Å². The van der Waals surface area contributed by atoms with E-state index < -0.39 is 10.0 Å². The van der Waals surface area contributed by atoms with E-state index in [4.69, 9.17) is 11.6 Å². The quantitative estimate of drug-likeness (QED) is 0.707. The monoisotopic (exact) mass is 387 g/mol. The van der Waals surface area contributed by atoms with E-state index in [0.717, 1.165) is 22.5 Å². The van der Waals surface area contributed by atoms with E-state index in [-0.39, 0.29) is 12.5 Å². The maximum atomic E-state index is 12.6. The Morgan fingerprint density at radius 2 is 1.84 bits per heavy atom. The molecule has 138 valence electrons. The van der Waals surface area contributed by atoms with Crippen LogP contribution in [0.2, 0.25) is 5.02 Å². The topological polar surface area (TPSA) is 78.0 Å². The summed E-state index contributed by atoms with van der Waals surface area (Å²) in [5.41, 5.74) is 1.93. The second kappa shape index (κ2) is 7.61. The average Bonchev–Trinajstić information content (AvgIpc) is 2.52. The predicted octanol–water partition coefficient (Wildman–Crippen LogP) is 1.02. The Bertz CT molecular complexity index is 751. The minimum absolute atomic E-state index is 0.293. The molecule has 9 heteroatoms. The predicted molar refractivity (Wildman–Crippen MR) is 97.3 cm³/mol. The number of amides is 2. The van der Waals surface area contributed by atoms with Crippen LogP contribution in [0.1, 0.15) is 11.1 Å². The molecule has 0 atom stereocenters. The van der Waals surface area contributed by atoms with Crippen LogP contribution in [-0.2, 0) is 19.6 Å². The fourth-order valence-corrected chi connectivity index (χ4v) is 4.28. The van der Waals surface area contributed by atoms with Crippen LogP contribution in [-0.4, -0.2) is 69.5 Å². The van der Waals surface area contributed by atoms with Crippen LogP contribution in [0.25, 0.3) is 0 Å². The molecule has 1 heterocycles. The molecular formula is C16H22ClN3O4S. The molecule has 1 aliphatic rings. The lowest BCUT2D eigenvalue weighted by Crippen LogP contribution is -2.51. The number of hydrogen-bond acceptors (Lipinski definition) is 4. The first-order valence-electron chi connectivity index (χ1n) is 7.85. The number of benzene rings is 1. The van der Waals surface area contributed by atoms with Crippen LogP contribution in [0.5, 0.6) is 0 Å². The summed E-state index contributed by atoms with van der Waals surface area (Å²) in [6, 6.07) is 3.50. The van der Waals surface area contributed by atoms with Crippen LogP contribution < -0.4 is 4.31 Å². The van der Waals surface area contributed by atoms with Crippen LogP contribution in [0, 0.1) is 13.8 Å². The highest BCUT2D eigenvalue weighted by atomic mass is 35.5. The number of rotatable bonds is 5. The van der Waals surface area contributed by atoms with Crippen molar-refractivity contribution in [2.45, 2.75) is 13.8 Å². The maximum Gasteiger partial charge on any atom is 0.243 e. The first-order chi connectivity index (χ1) is 11.6. The van der Waals surface area contributed by atoms with Gasteiger partial charge in [-0.25, -0.2) is 8.42 Å². The number of sulfonamides is 1. The normalized spacial score (nSPS) is 15.2. The first-order valence-corrected chi connectivity index (χ1v) is 10.1. The molecule has 1 saturated heterocycles. The number of halogens is 1. The van der Waals surface area contributed by atoms with Crippen molar-refractivity contribution in [3.8, 4) is 0 Å². The Kier molecular flexibility index (Phi) is 5.95. The van der Waals surface area contributed by atoms with Gasteiger partial charge >= 0.3 is 0 Å². The van der Waals surface area contributed by atoms with Crippen LogP contribution in [0.4, 0.5) is 5.69 Å². The van der Waals surface area contributed by atoms with Gasteiger partial charge in [0.25, 0.3) is 0 Å². The minimum atomic E-state index is -3.69. The molecule has 2 rings (SSSR count). The van der Waals surface area contributed by atoms with Gasteiger partial charge in [0.15, 0.2) is 0 Å². The number of aryl methyl sites for hydroxylation is 2. The van der Waals surface area contributed by atoms with Gasteiger partial charge in [0.2, 0.25) is 22.3 Å². The van der Waals surface area contributed by atoms with E-state index in [1.165, 1.54) is 0 Å². The standard InChI is InChI=1S/C16H22ClN3O4S/c1-12-8-13(2)16(14(17)9-12)20(25(3,23)24)10-15(22)19-6-4-18(11-21)5-7-19/h8-9,11H,4-7,10H2,1-3H3. The van der Waals surface area contributed by atoms with Crippen LogP contribution in [0.15, 0.2) is 12.1 Å². The Labute approximate surface area is 153 Å². The van der Waals surface area contributed by atoms with Gasteiger partial charge in [-0.05, 0) is 31.0 Å². The lowest BCUT2D eigenvalue weighted by atomic mass is 10.1. The van der Waals surface area contributed by atoms with Crippen molar-refractivity contribution in [1.29, 1.82) is 0 Å². The molecule has 0 aliphatic carbocycles. The van der Waals surface area contributed by atoms with Gasteiger partial charge in [0.1, 0.15) is 6.54 Å². The molecule has 1 fully saturated rings. The van der Waals surface area contributed by atoms with Gasteiger partial charge in [0.05, 0.1) is 17.0 Å². The van der Waals surface area contributed by atoms with E-state index in [2.05, 4.69) is 0 Å². The molecular weight excluding hydrogens is 366 g/mol. The van der Waals surface area contributed by atoms with Gasteiger partial charge in [-0.3, -0.25) is 13.9 Å². The Morgan fingerprint density at radius 1 is 1.24 bits per heavy atom. The summed E-state index contributed by atoms with van der Waals surface area (Å²) >= 11 is 6.27. The zero-order valence-corrected chi connectivity index (χ0v) is 16.1. The fourth-order valence-electron chi connectivity index (χ4n) is 2.89. The van der Waals surface area contributed by atoms with Crippen molar-refractivity contribution < 1.29 is 18.0 Å². The molecule has 7 nitrogen and oxygen atoms in total. The maximum absolute atomic E-state index is 12.6. The first kappa shape index (κ1) is 19.5. The minimum Gasteiger partial charge on any atom is -0.342 e. The van der Waals surface area contributed by atoms with Gasteiger partial charge < -0.3 is 9.80 Å². The van der Waals surface area contributed by atoms with Crippen molar-refractivity contribution in [2.24, 2.45) is 0 Å². The molecule has 1 aromatic rings. The molecule has 0 radical (unpaired) electrons. The Balaban J connectivity index is 2.26. The molecule has 2 amide bonds. The lowest BCUT2D eigenvalue weighted by molar-refractivity contribution is -0.133. The average molecular weight is 388 g/mol. The van der Waals surface area contributed by atoms with Crippen LogP contribution in [0.3, 0.4) is 0 Å². The fraction of sp³-hybridized carbons (Fsp3) is 0.500. The second-order valence-electron chi connectivity index (χ2n) is 6.20. The summed E-state index contributed by atoms with van der Waals surface area (Å²) in [4.78, 5) is 26.5. The smallest absolute Gasteiger partial charge is 0.243 e. The van der Waals surface area contributed by atoms with Crippen molar-refractivity contribution in [2.75, 3.05) is 43.3 Å². The number of piperazine rings is 1. The van der Waals surface area contributed by atoms with E-state index in [1.807, 2.05) is 13.0 Å². The number of nitrogens with zero attached hydrogens (tertiary/aromatic N) is 3. The van der Waals surface area contributed by atoms with Crippen LogP contribution >= 0.6 is 11.6 Å². The lowest BCUT2D eigenvalue weighted by Gasteiger charge is -2.34. The third-order valence-electron chi connectivity index (χ3n) is 4.14. The van der Waals surface area contributed by atoms with E-state index in [1.54, 1.807) is 22.8 Å². The molecule has 0 bridgehead atoms. The summed E-state index contributed by atoms with van der Waals surface area (Å²) in [7, 11) is -3.69. The summed E-state index contributed by atoms with van der Waals surface area (Å²) in [5.74, 6) is -0.313. The van der Waals surface area contributed by atoms with Crippen molar-refractivity contribution in [1.82, 2.24) is 9.80 Å². The highest BCUT2D eigenvalue weighted by molar-refractivity contribution is 7.92. The van der Waals surface area contributed by atoms with Gasteiger partial charge in [-0.15, -0.1) is 0 Å². The summed E-state index contributed by atoms with van der Waals surface area (Å²) in [5, 5.41) is 0.293. The van der Waals surface area contributed by atoms with Crippen molar-refractivity contribution >= 4 is 39.6 Å². The zero-order chi connectivity index (χ0) is 18.8. The zero-order valence-electron chi connectivity index (χ0n) is 14.5. The molecule has 0 saturated carbocycles. The molecule has 0 aromatic heterocycles. The number of carbonyl (C=O) groups excluding carboxylic acids is 2. The van der Waals surface area contributed by atoms with E-state index >= 15 is 0 Å². The number of hydrogen-bond donors (Lipinski definition) is 0. The summed E-state index contributed by atoms with van der Waals surface area (Å²) in [6.07, 6.45) is 1.81. The van der Waals surface area contributed by atoms with Crippen molar-refractivity contribution in [3.63, 3.8) is 0 Å². The molecule has 1 aliphatic heterocycles. The molecule has 0 N–H and O–H groups in total. The van der Waals surface area contributed by atoms with E-state index in [0.29, 0.717) is 42.5 Å². The molecule has 25 heavy (non-hydrogen) atoms. The molecule has 1 aromatic carbocycles. The second-order valence-corrected chi connectivity index (χ2v) is 8.52. The summed E-state index contributed by atoms with van der Waals surface area (Å²) < 4.78 is 25.6. The third-order valence-corrected chi connectivity index (χ3v) is 5.54. The largest absolute Gasteiger partial charge is 0.342 e. The van der Waals surface area contributed by atoms with E-state index in [9.17, 15) is 18.0 Å². The highest BCUT2D eigenvalue weighted by Crippen LogP contribution is 2.32. The Hall–Kier alpha value is -1.80. The highest BCUT2D eigenvalue weighted by Gasteiger charge is 2.28. The SMILES string of the molecule is Cc1cc(C)c(N(CC(=O)N2CCN(C=O)CC2)S(C)(=O)=O)c(Cl)c1. The summed E-state index contributed by atoms with van der Waals surface area (Å²) in [6.45, 7) is 4.97. The Morgan fingerprint density at radius 3 is 2.32 bits per heavy atom. The molecule has 0 spiro atoms. The van der Waals surface area contributed by atoms with Gasteiger partial charge in [0, 0.05) is 26.2 Å². The van der Waals surface area contributed by atoms with Crippen molar-refractivity contribution in [3.05, 3.63) is 28.3 Å². The van der Waals surface area contributed by atoms with Gasteiger partial charge in [-0.2, -0.15) is 0 Å².